The lowest BCUT2D eigenvalue weighted by Gasteiger charge is -2.31. The third-order valence-corrected chi connectivity index (χ3v) is 6.54. The Bertz CT molecular complexity index is 1060. The number of benzene rings is 2. The van der Waals surface area contributed by atoms with Gasteiger partial charge in [-0.05, 0) is 74.3 Å². The first-order valence-corrected chi connectivity index (χ1v) is 10.5. The number of halogens is 4. The number of fused-ring (bicyclic) bond motifs is 1. The largest absolute Gasteiger partial charge is 0.317 e. The molecular formula is C21H23Cl3FN3OS. The normalized spacial score (nSPS) is 14.9. The van der Waals surface area contributed by atoms with Gasteiger partial charge in [0.25, 0.3) is 0 Å². The number of carbonyl (C=O) groups excluding carboxylic acids is 1. The fourth-order valence-corrected chi connectivity index (χ4v) is 4.95. The van der Waals surface area contributed by atoms with E-state index < -0.39 is 0 Å². The highest BCUT2D eigenvalue weighted by Gasteiger charge is 2.22. The Balaban J connectivity index is 0.00000160. The topological polar surface area (TPSA) is 49.1 Å². The van der Waals surface area contributed by atoms with Crippen LogP contribution in [0.1, 0.15) is 23.2 Å². The monoisotopic (exact) mass is 489 g/mol. The van der Waals surface area contributed by atoms with Crippen LogP contribution in [0, 0.1) is 17.1 Å². The third-order valence-electron chi connectivity index (χ3n) is 5.35. The van der Waals surface area contributed by atoms with Crippen LogP contribution in [0.5, 0.6) is 0 Å². The molecule has 30 heavy (non-hydrogen) atoms. The van der Waals surface area contributed by atoms with Gasteiger partial charge in [-0.3, -0.25) is 15.1 Å². The van der Waals surface area contributed by atoms with Crippen molar-refractivity contribution in [3.8, 4) is 0 Å². The number of rotatable bonds is 5. The van der Waals surface area contributed by atoms with E-state index in [1.54, 1.807) is 12.1 Å². The van der Waals surface area contributed by atoms with Crippen LogP contribution in [0.2, 0.25) is 5.02 Å². The summed E-state index contributed by atoms with van der Waals surface area (Å²) in [4.78, 5) is 15.1. The number of piperidine rings is 1. The first-order valence-electron chi connectivity index (χ1n) is 9.34. The molecule has 0 bridgehead atoms. The molecule has 1 aliphatic heterocycles. The van der Waals surface area contributed by atoms with Crippen molar-refractivity contribution in [1.29, 1.82) is 5.41 Å². The van der Waals surface area contributed by atoms with Gasteiger partial charge in [-0.2, -0.15) is 0 Å². The van der Waals surface area contributed by atoms with Crippen molar-refractivity contribution in [1.82, 2.24) is 9.47 Å². The molecule has 1 N–H and O–H groups in total. The van der Waals surface area contributed by atoms with Crippen molar-refractivity contribution in [2.45, 2.75) is 19.4 Å². The molecule has 0 atom stereocenters. The third kappa shape index (κ3) is 5.62. The van der Waals surface area contributed by atoms with Crippen LogP contribution in [0.4, 0.5) is 4.39 Å². The molecular weight excluding hydrogens is 468 g/mol. The number of Topliss-reactive ketones (excluding diaryl/α,β-unsaturated/α-hetero) is 1. The van der Waals surface area contributed by atoms with E-state index in [1.165, 1.54) is 23.5 Å². The van der Waals surface area contributed by atoms with E-state index >= 15 is 0 Å². The minimum absolute atomic E-state index is 0. The van der Waals surface area contributed by atoms with Crippen LogP contribution < -0.4 is 4.80 Å². The minimum Gasteiger partial charge on any atom is -0.317 e. The van der Waals surface area contributed by atoms with E-state index in [9.17, 15) is 9.18 Å². The highest BCUT2D eigenvalue weighted by Crippen LogP contribution is 2.25. The molecule has 9 heteroatoms. The van der Waals surface area contributed by atoms with Gasteiger partial charge in [-0.25, -0.2) is 4.39 Å². The van der Waals surface area contributed by atoms with Crippen LogP contribution in [-0.2, 0) is 6.54 Å². The van der Waals surface area contributed by atoms with E-state index in [1.807, 2.05) is 18.2 Å². The summed E-state index contributed by atoms with van der Waals surface area (Å²) in [6, 6.07) is 11.5. The molecule has 0 radical (unpaired) electrons. The number of nitrogens with one attached hydrogen (secondary N) is 1. The van der Waals surface area contributed by atoms with Gasteiger partial charge < -0.3 is 4.57 Å². The first-order chi connectivity index (χ1) is 13.5. The highest BCUT2D eigenvalue weighted by atomic mass is 35.5. The van der Waals surface area contributed by atoms with Gasteiger partial charge in [0.15, 0.2) is 10.6 Å². The SMILES string of the molecule is Cl.Cl.N=c1sc2cc(Cl)ccc2n1CC1CCN(CC(=O)c2ccc(F)cc2)CC1. The maximum absolute atomic E-state index is 13.0. The zero-order valence-electron chi connectivity index (χ0n) is 16.1. The van der Waals surface area contributed by atoms with E-state index in [4.69, 9.17) is 17.0 Å². The number of aromatic nitrogens is 1. The number of carbonyl (C=O) groups is 1. The summed E-state index contributed by atoms with van der Waals surface area (Å²) in [5.41, 5.74) is 1.62. The van der Waals surface area contributed by atoms with Gasteiger partial charge in [0.2, 0.25) is 0 Å². The van der Waals surface area contributed by atoms with Crippen molar-refractivity contribution >= 4 is 63.8 Å². The lowest BCUT2D eigenvalue weighted by atomic mass is 9.96. The summed E-state index contributed by atoms with van der Waals surface area (Å²) in [6.45, 7) is 2.91. The van der Waals surface area contributed by atoms with Crippen molar-refractivity contribution in [3.05, 3.63) is 63.7 Å². The second kappa shape index (κ2) is 10.7. The Labute approximate surface area is 196 Å². The number of likely N-dealkylation sites (tertiary alicyclic amines) is 1. The number of hydrogen-bond acceptors (Lipinski definition) is 4. The van der Waals surface area contributed by atoms with Crippen molar-refractivity contribution in [2.24, 2.45) is 5.92 Å². The second-order valence-electron chi connectivity index (χ2n) is 7.28. The predicted octanol–water partition coefficient (Wildman–Crippen LogP) is 5.41. The van der Waals surface area contributed by atoms with E-state index in [2.05, 4.69) is 9.47 Å². The number of ketones is 1. The second-order valence-corrected chi connectivity index (χ2v) is 8.75. The molecule has 162 valence electrons. The number of thiazole rings is 1. The average molecular weight is 491 g/mol. The molecule has 4 nitrogen and oxygen atoms in total. The molecule has 3 aromatic rings. The fraction of sp³-hybridized carbons (Fsp3) is 0.333. The summed E-state index contributed by atoms with van der Waals surface area (Å²) in [5.74, 6) is 0.189. The van der Waals surface area contributed by atoms with E-state index in [0.717, 1.165) is 42.7 Å². The van der Waals surface area contributed by atoms with E-state index in [-0.39, 0.29) is 36.4 Å². The molecule has 0 unspecified atom stereocenters. The summed E-state index contributed by atoms with van der Waals surface area (Å²) in [5, 5.41) is 8.98. The summed E-state index contributed by atoms with van der Waals surface area (Å²) >= 11 is 7.52. The fourth-order valence-electron chi connectivity index (χ4n) is 3.76. The molecule has 4 rings (SSSR count). The highest BCUT2D eigenvalue weighted by molar-refractivity contribution is 7.16. The maximum atomic E-state index is 13.0. The van der Waals surface area contributed by atoms with Crippen LogP contribution >= 0.6 is 47.8 Å². The summed E-state index contributed by atoms with van der Waals surface area (Å²) in [6.07, 6.45) is 1.99. The Morgan fingerprint density at radius 1 is 1.13 bits per heavy atom. The molecule has 1 aliphatic rings. The van der Waals surface area contributed by atoms with Crippen LogP contribution in [0.3, 0.4) is 0 Å². The maximum Gasteiger partial charge on any atom is 0.182 e. The minimum atomic E-state index is -0.327. The molecule has 0 amide bonds. The molecule has 2 heterocycles. The standard InChI is InChI=1S/C21H21ClFN3OS.2ClH/c22-16-3-6-18-20(11-16)28-21(24)26(18)12-14-7-9-25(10-8-14)13-19(27)15-1-4-17(23)5-2-15;;/h1-6,11,14,24H,7-10,12-13H2;2*1H. The molecule has 0 aliphatic carbocycles. The molecule has 2 aromatic carbocycles. The van der Waals surface area contributed by atoms with Crippen LogP contribution in [0.15, 0.2) is 42.5 Å². The molecule has 1 aromatic heterocycles. The Morgan fingerprint density at radius 2 is 1.80 bits per heavy atom. The van der Waals surface area contributed by atoms with Crippen molar-refractivity contribution < 1.29 is 9.18 Å². The summed E-state index contributed by atoms with van der Waals surface area (Å²) in [7, 11) is 0. The molecule has 0 saturated carbocycles. The van der Waals surface area contributed by atoms with Gasteiger partial charge in [-0.1, -0.05) is 22.9 Å². The number of hydrogen-bond donors (Lipinski definition) is 1. The first kappa shape index (κ1) is 24.8. The predicted molar refractivity (Wildman–Crippen MR) is 125 cm³/mol. The Morgan fingerprint density at radius 3 is 2.47 bits per heavy atom. The number of nitrogens with zero attached hydrogens (tertiary/aromatic N) is 2. The van der Waals surface area contributed by atoms with Crippen molar-refractivity contribution in [3.63, 3.8) is 0 Å². The zero-order chi connectivity index (χ0) is 19.7. The van der Waals surface area contributed by atoms with Gasteiger partial charge in [0, 0.05) is 17.1 Å². The van der Waals surface area contributed by atoms with Gasteiger partial charge in [-0.15, -0.1) is 24.8 Å². The van der Waals surface area contributed by atoms with Crippen LogP contribution in [-0.4, -0.2) is 34.9 Å². The molecule has 1 saturated heterocycles. The quantitative estimate of drug-likeness (QED) is 0.486. The lowest BCUT2D eigenvalue weighted by Crippen LogP contribution is -2.38. The average Bonchev–Trinajstić information content (AvgIpc) is 2.98. The van der Waals surface area contributed by atoms with Crippen molar-refractivity contribution in [2.75, 3.05) is 19.6 Å². The van der Waals surface area contributed by atoms with Gasteiger partial charge in [0.05, 0.1) is 16.8 Å². The van der Waals surface area contributed by atoms with E-state index in [0.29, 0.717) is 27.9 Å². The smallest absolute Gasteiger partial charge is 0.182 e. The van der Waals surface area contributed by atoms with Crippen LogP contribution in [0.25, 0.3) is 10.2 Å². The van der Waals surface area contributed by atoms with Gasteiger partial charge in [0.1, 0.15) is 5.82 Å². The van der Waals surface area contributed by atoms with Gasteiger partial charge >= 0.3 is 0 Å². The lowest BCUT2D eigenvalue weighted by molar-refractivity contribution is 0.0890. The molecule has 0 spiro atoms. The summed E-state index contributed by atoms with van der Waals surface area (Å²) < 4.78 is 16.1. The zero-order valence-corrected chi connectivity index (χ0v) is 19.4. The Kier molecular flexibility index (Phi) is 8.88. The molecule has 1 fully saturated rings. The Hall–Kier alpha value is -1.44.